The van der Waals surface area contributed by atoms with Crippen LogP contribution in [-0.4, -0.2) is 25.6 Å². The number of carbonyl (C=O) groups excluding carboxylic acids is 1. The predicted molar refractivity (Wildman–Crippen MR) is 124 cm³/mol. The largest absolute Gasteiger partial charge is 0.325 e. The Morgan fingerprint density at radius 3 is 2.71 bits per heavy atom. The summed E-state index contributed by atoms with van der Waals surface area (Å²) in [6.07, 6.45) is 2.72. The van der Waals surface area contributed by atoms with E-state index in [1.165, 1.54) is 39.1 Å². The number of fused-ring (bicyclic) bond motifs is 1. The van der Waals surface area contributed by atoms with Crippen molar-refractivity contribution < 1.29 is 4.79 Å². The zero-order valence-corrected chi connectivity index (χ0v) is 18.6. The van der Waals surface area contributed by atoms with Crippen LogP contribution in [0.25, 0.3) is 5.65 Å². The monoisotopic (exact) mass is 452 g/mol. The molecule has 0 bridgehead atoms. The van der Waals surface area contributed by atoms with E-state index in [4.69, 9.17) is 0 Å². The van der Waals surface area contributed by atoms with E-state index in [9.17, 15) is 9.59 Å². The molecular weight excluding hydrogens is 432 g/mol. The molecule has 1 aromatic carbocycles. The van der Waals surface area contributed by atoms with Crippen molar-refractivity contribution in [2.24, 2.45) is 0 Å². The van der Waals surface area contributed by atoms with Crippen molar-refractivity contribution in [3.63, 3.8) is 0 Å². The lowest BCUT2D eigenvalue weighted by atomic mass is 10.1. The number of thioether (sulfide) groups is 1. The average Bonchev–Trinajstić information content (AvgIpc) is 3.20. The van der Waals surface area contributed by atoms with Gasteiger partial charge in [-0.05, 0) is 42.7 Å². The molecule has 0 aliphatic rings. The third-order valence-electron chi connectivity index (χ3n) is 4.45. The van der Waals surface area contributed by atoms with Crippen LogP contribution in [0.3, 0.4) is 0 Å². The molecule has 0 saturated heterocycles. The number of benzene rings is 1. The molecule has 8 nitrogen and oxygen atoms in total. The number of carbonyl (C=O) groups is 1. The number of aryl methyl sites for hydroxylation is 2. The molecule has 0 radical (unpaired) electrons. The summed E-state index contributed by atoms with van der Waals surface area (Å²) in [5, 5.41) is 13.9. The van der Waals surface area contributed by atoms with Crippen LogP contribution in [0.1, 0.15) is 23.7 Å². The number of hydrogen-bond acceptors (Lipinski definition) is 7. The normalized spacial score (nSPS) is 10.9. The van der Waals surface area contributed by atoms with E-state index in [0.29, 0.717) is 32.3 Å². The molecule has 0 atom stereocenters. The van der Waals surface area contributed by atoms with Crippen molar-refractivity contribution >= 4 is 45.6 Å². The Morgan fingerprint density at radius 1 is 1.13 bits per heavy atom. The summed E-state index contributed by atoms with van der Waals surface area (Å²) in [5.74, 6) is 0.476. The first-order valence-electron chi connectivity index (χ1n) is 9.62. The maximum Gasteiger partial charge on any atom is 0.325 e. The van der Waals surface area contributed by atoms with Crippen molar-refractivity contribution in [1.82, 2.24) is 19.6 Å². The fraction of sp³-hybridized carbons (Fsp3) is 0.190. The van der Waals surface area contributed by atoms with Crippen LogP contribution in [0.15, 0.2) is 57.8 Å². The maximum atomic E-state index is 12.3. The van der Waals surface area contributed by atoms with E-state index in [-0.39, 0.29) is 11.6 Å². The Balaban J connectivity index is 1.35. The third-order valence-corrected chi connectivity index (χ3v) is 6.46. The van der Waals surface area contributed by atoms with Gasteiger partial charge in [0.25, 0.3) is 5.56 Å². The molecular formula is C21H20N6O2S2. The minimum Gasteiger partial charge on any atom is -0.308 e. The summed E-state index contributed by atoms with van der Waals surface area (Å²) in [4.78, 5) is 29.0. The molecule has 31 heavy (non-hydrogen) atoms. The molecule has 2 amide bonds. The zero-order valence-electron chi connectivity index (χ0n) is 17.0. The van der Waals surface area contributed by atoms with Crippen LogP contribution in [-0.2, 0) is 12.2 Å². The van der Waals surface area contributed by atoms with Crippen LogP contribution >= 0.6 is 23.1 Å². The van der Waals surface area contributed by atoms with Crippen molar-refractivity contribution in [3.8, 4) is 0 Å². The number of aromatic nitrogens is 4. The number of rotatable bonds is 6. The lowest BCUT2D eigenvalue weighted by Gasteiger charge is -2.05. The number of amides is 2. The molecule has 0 aliphatic carbocycles. The highest BCUT2D eigenvalue weighted by molar-refractivity contribution is 8.00. The number of hydrogen-bond donors (Lipinski definition) is 2. The lowest BCUT2D eigenvalue weighted by Crippen LogP contribution is -2.19. The van der Waals surface area contributed by atoms with Gasteiger partial charge in [0.05, 0.1) is 5.69 Å². The Morgan fingerprint density at radius 2 is 1.94 bits per heavy atom. The SMILES string of the molecule is CCc1ccc(NC(=O)Nc2nnc(SCc3cc(=O)n4cc(C)ccc4n3)s2)cc1. The minimum absolute atomic E-state index is 0.118. The Bertz CT molecular complexity index is 1280. The summed E-state index contributed by atoms with van der Waals surface area (Å²) in [6, 6.07) is 12.6. The molecule has 0 saturated carbocycles. The zero-order chi connectivity index (χ0) is 21.8. The molecule has 2 N–H and O–H groups in total. The van der Waals surface area contributed by atoms with E-state index < -0.39 is 0 Å². The highest BCUT2D eigenvalue weighted by Gasteiger charge is 2.10. The van der Waals surface area contributed by atoms with Crippen LogP contribution in [0.5, 0.6) is 0 Å². The van der Waals surface area contributed by atoms with Crippen LogP contribution in [0.2, 0.25) is 0 Å². The predicted octanol–water partition coefficient (Wildman–Crippen LogP) is 4.35. The number of anilines is 2. The van der Waals surface area contributed by atoms with Crippen LogP contribution in [0, 0.1) is 6.92 Å². The van der Waals surface area contributed by atoms with Crippen LogP contribution < -0.4 is 16.2 Å². The topological polar surface area (TPSA) is 101 Å². The fourth-order valence-corrected chi connectivity index (χ4v) is 4.51. The molecule has 4 rings (SSSR count). The first-order chi connectivity index (χ1) is 15.0. The highest BCUT2D eigenvalue weighted by atomic mass is 32.2. The molecule has 3 heterocycles. The standard InChI is InChI=1S/C21H20N6O2S2/c1-3-14-5-7-15(8-6-14)23-19(29)24-20-25-26-21(31-20)30-12-16-10-18(28)27-11-13(2)4-9-17(27)22-16/h4-11H,3,12H2,1-2H3,(H2,23,24,25,29). The van der Waals surface area contributed by atoms with Gasteiger partial charge in [-0.2, -0.15) is 0 Å². The summed E-state index contributed by atoms with van der Waals surface area (Å²) in [5.41, 5.74) is 4.06. The summed E-state index contributed by atoms with van der Waals surface area (Å²) in [7, 11) is 0. The molecule has 0 fully saturated rings. The smallest absolute Gasteiger partial charge is 0.308 e. The van der Waals surface area contributed by atoms with Crippen LogP contribution in [0.4, 0.5) is 15.6 Å². The number of pyridine rings is 1. The van der Waals surface area contributed by atoms with E-state index in [2.05, 4.69) is 32.7 Å². The maximum absolute atomic E-state index is 12.3. The van der Waals surface area contributed by atoms with Crippen molar-refractivity contribution in [3.05, 3.63) is 75.8 Å². The van der Waals surface area contributed by atoms with Gasteiger partial charge < -0.3 is 5.32 Å². The third kappa shape index (κ3) is 5.28. The average molecular weight is 453 g/mol. The van der Waals surface area contributed by atoms with Gasteiger partial charge in [0, 0.05) is 23.7 Å². The quantitative estimate of drug-likeness (QED) is 0.333. The van der Waals surface area contributed by atoms with Gasteiger partial charge in [-0.3, -0.25) is 14.5 Å². The van der Waals surface area contributed by atoms with Gasteiger partial charge in [-0.15, -0.1) is 10.2 Å². The first-order valence-corrected chi connectivity index (χ1v) is 11.4. The van der Waals surface area contributed by atoms with Gasteiger partial charge >= 0.3 is 6.03 Å². The van der Waals surface area contributed by atoms with Crippen molar-refractivity contribution in [1.29, 1.82) is 0 Å². The van der Waals surface area contributed by atoms with Crippen molar-refractivity contribution in [2.75, 3.05) is 10.6 Å². The molecule has 10 heteroatoms. The Kier molecular flexibility index (Phi) is 6.28. The molecule has 0 aliphatic heterocycles. The second kappa shape index (κ2) is 9.27. The van der Waals surface area contributed by atoms with E-state index in [0.717, 1.165) is 12.0 Å². The summed E-state index contributed by atoms with van der Waals surface area (Å²) in [6.45, 7) is 4.01. The van der Waals surface area contributed by atoms with Crippen molar-refractivity contribution in [2.45, 2.75) is 30.4 Å². The first kappa shape index (κ1) is 21.0. The fourth-order valence-electron chi connectivity index (χ4n) is 2.87. The van der Waals surface area contributed by atoms with Gasteiger partial charge in [-0.25, -0.2) is 9.78 Å². The number of nitrogens with zero attached hydrogens (tertiary/aromatic N) is 4. The second-order valence-corrected chi connectivity index (χ2v) is 9.01. The molecule has 4 aromatic rings. The van der Waals surface area contributed by atoms with E-state index >= 15 is 0 Å². The van der Waals surface area contributed by atoms with Gasteiger partial charge in [-0.1, -0.05) is 48.2 Å². The van der Waals surface area contributed by atoms with Gasteiger partial charge in [0.15, 0.2) is 4.34 Å². The molecule has 3 aromatic heterocycles. The lowest BCUT2D eigenvalue weighted by molar-refractivity contribution is 0.262. The number of nitrogens with one attached hydrogen (secondary N) is 2. The molecule has 158 valence electrons. The van der Waals surface area contributed by atoms with Gasteiger partial charge in [0.1, 0.15) is 5.65 Å². The second-order valence-electron chi connectivity index (χ2n) is 6.81. The Labute approximate surface area is 186 Å². The number of urea groups is 1. The highest BCUT2D eigenvalue weighted by Crippen LogP contribution is 2.28. The van der Waals surface area contributed by atoms with E-state index in [1.54, 1.807) is 6.20 Å². The summed E-state index contributed by atoms with van der Waals surface area (Å²) < 4.78 is 2.21. The molecule has 0 unspecified atom stereocenters. The Hall–Kier alpha value is -3.24. The minimum atomic E-state index is -0.378. The van der Waals surface area contributed by atoms with Gasteiger partial charge in [0.2, 0.25) is 5.13 Å². The summed E-state index contributed by atoms with van der Waals surface area (Å²) >= 11 is 2.68. The van der Waals surface area contributed by atoms with E-state index in [1.807, 2.05) is 43.3 Å². The molecule has 0 spiro atoms.